The van der Waals surface area contributed by atoms with Gasteiger partial charge in [-0.2, -0.15) is 0 Å². The second-order valence-corrected chi connectivity index (χ2v) is 4.73. The van der Waals surface area contributed by atoms with Crippen molar-refractivity contribution in [2.45, 2.75) is 6.04 Å². The molecule has 0 fully saturated rings. The molecule has 0 saturated carbocycles. The van der Waals surface area contributed by atoms with E-state index >= 15 is 0 Å². The van der Waals surface area contributed by atoms with E-state index in [4.69, 9.17) is 10.5 Å². The van der Waals surface area contributed by atoms with Crippen molar-refractivity contribution in [1.82, 2.24) is 0 Å². The average Bonchev–Trinajstić information content (AvgIpc) is 2.52. The normalized spacial score (nSPS) is 11.9. The fourth-order valence-electron chi connectivity index (χ4n) is 2.59. The van der Waals surface area contributed by atoms with E-state index in [9.17, 15) is 4.79 Å². The molecule has 0 spiro atoms. The van der Waals surface area contributed by atoms with Crippen molar-refractivity contribution in [3.05, 3.63) is 60.2 Å². The van der Waals surface area contributed by atoms with Crippen LogP contribution in [0.1, 0.15) is 11.6 Å². The van der Waals surface area contributed by atoms with Gasteiger partial charge in [0, 0.05) is 0 Å². The van der Waals surface area contributed by atoms with Gasteiger partial charge in [0.15, 0.2) is 0 Å². The molecule has 21 heavy (non-hydrogen) atoms. The first kappa shape index (κ1) is 15.3. The molecule has 3 aromatic rings. The topological polar surface area (TPSA) is 52.3 Å². The molecule has 2 N–H and O–H groups in total. The Morgan fingerprint density at radius 3 is 2.24 bits per heavy atom. The fourth-order valence-corrected chi connectivity index (χ4v) is 2.59. The highest BCUT2D eigenvalue weighted by Crippen LogP contribution is 2.31. The zero-order valence-corrected chi connectivity index (χ0v) is 12.4. The van der Waals surface area contributed by atoms with Crippen molar-refractivity contribution >= 4 is 39.9 Å². The van der Waals surface area contributed by atoms with Crippen molar-refractivity contribution in [2.24, 2.45) is 5.73 Å². The molecule has 0 aliphatic carbocycles. The molecular formula is C17H16ClNO2. The fraction of sp³-hybridized carbons (Fsp3) is 0.118. The van der Waals surface area contributed by atoms with Crippen LogP contribution in [0.25, 0.3) is 21.5 Å². The van der Waals surface area contributed by atoms with Gasteiger partial charge in [-0.05, 0) is 33.2 Å². The largest absolute Gasteiger partial charge is 0.468 e. The Morgan fingerprint density at radius 2 is 1.57 bits per heavy atom. The van der Waals surface area contributed by atoms with Crippen LogP contribution in [0, 0.1) is 0 Å². The van der Waals surface area contributed by atoms with Crippen molar-refractivity contribution in [1.29, 1.82) is 0 Å². The number of ether oxygens (including phenoxy) is 1. The van der Waals surface area contributed by atoms with Gasteiger partial charge in [0.25, 0.3) is 0 Å². The number of carbonyl (C=O) groups is 1. The molecule has 0 heterocycles. The van der Waals surface area contributed by atoms with Crippen LogP contribution in [0.15, 0.2) is 54.6 Å². The molecular weight excluding hydrogens is 286 g/mol. The Labute approximate surface area is 129 Å². The Bertz CT molecular complexity index is 801. The maximum Gasteiger partial charge on any atom is 0.327 e. The molecule has 108 valence electrons. The van der Waals surface area contributed by atoms with Crippen LogP contribution in [-0.4, -0.2) is 13.1 Å². The van der Waals surface area contributed by atoms with E-state index in [1.54, 1.807) is 0 Å². The second-order valence-electron chi connectivity index (χ2n) is 4.73. The van der Waals surface area contributed by atoms with Crippen LogP contribution >= 0.6 is 12.4 Å². The number of nitrogens with two attached hydrogens (primary N) is 1. The number of hydrogen-bond acceptors (Lipinski definition) is 3. The molecule has 0 bridgehead atoms. The molecule has 0 aliphatic rings. The molecule has 4 heteroatoms. The van der Waals surface area contributed by atoms with Crippen LogP contribution in [-0.2, 0) is 9.53 Å². The predicted molar refractivity (Wildman–Crippen MR) is 87.6 cm³/mol. The quantitative estimate of drug-likeness (QED) is 0.581. The summed E-state index contributed by atoms with van der Waals surface area (Å²) in [6, 6.07) is 17.3. The summed E-state index contributed by atoms with van der Waals surface area (Å²) >= 11 is 0. The number of rotatable bonds is 2. The van der Waals surface area contributed by atoms with Gasteiger partial charge in [0.1, 0.15) is 6.04 Å². The van der Waals surface area contributed by atoms with Crippen molar-refractivity contribution < 1.29 is 9.53 Å². The first-order valence-corrected chi connectivity index (χ1v) is 6.46. The van der Waals surface area contributed by atoms with Crippen LogP contribution in [0.5, 0.6) is 0 Å². The third-order valence-electron chi connectivity index (χ3n) is 3.59. The minimum absolute atomic E-state index is 0. The number of esters is 1. The number of hydrogen-bond donors (Lipinski definition) is 1. The zero-order valence-electron chi connectivity index (χ0n) is 11.6. The number of methoxy groups -OCH3 is 1. The lowest BCUT2D eigenvalue weighted by atomic mass is 9.94. The number of fused-ring (bicyclic) bond motifs is 3. The van der Waals surface area contributed by atoms with E-state index in [1.807, 2.05) is 48.5 Å². The van der Waals surface area contributed by atoms with Gasteiger partial charge >= 0.3 is 5.97 Å². The summed E-state index contributed by atoms with van der Waals surface area (Å²) in [7, 11) is 1.35. The molecule has 3 nitrogen and oxygen atoms in total. The van der Waals surface area contributed by atoms with Gasteiger partial charge in [-0.15, -0.1) is 12.4 Å². The third-order valence-corrected chi connectivity index (χ3v) is 3.59. The van der Waals surface area contributed by atoms with Crippen molar-refractivity contribution in [3.63, 3.8) is 0 Å². The lowest BCUT2D eigenvalue weighted by molar-refractivity contribution is -0.142. The summed E-state index contributed by atoms with van der Waals surface area (Å²) in [4.78, 5) is 11.7. The monoisotopic (exact) mass is 301 g/mol. The maximum atomic E-state index is 11.7. The van der Waals surface area contributed by atoms with Gasteiger partial charge in [0.05, 0.1) is 7.11 Å². The SMILES string of the molecule is COC(=O)[C@@H](N)c1cc2ccccc2c2ccccc12.Cl. The van der Waals surface area contributed by atoms with Crippen LogP contribution in [0.3, 0.4) is 0 Å². The number of halogens is 1. The first-order valence-electron chi connectivity index (χ1n) is 6.46. The molecule has 0 amide bonds. The molecule has 0 unspecified atom stereocenters. The summed E-state index contributed by atoms with van der Waals surface area (Å²) in [6.07, 6.45) is 0. The van der Waals surface area contributed by atoms with E-state index < -0.39 is 12.0 Å². The number of carbonyl (C=O) groups excluding carboxylic acids is 1. The average molecular weight is 302 g/mol. The van der Waals surface area contributed by atoms with Crippen LogP contribution in [0.4, 0.5) is 0 Å². The summed E-state index contributed by atoms with van der Waals surface area (Å²) in [6.45, 7) is 0. The molecule has 1 atom stereocenters. The molecule has 3 aromatic carbocycles. The smallest absolute Gasteiger partial charge is 0.327 e. The van der Waals surface area contributed by atoms with Crippen LogP contribution in [0.2, 0.25) is 0 Å². The molecule has 0 aliphatic heterocycles. The third kappa shape index (κ3) is 2.58. The van der Waals surface area contributed by atoms with Gasteiger partial charge in [0.2, 0.25) is 0 Å². The second kappa shape index (κ2) is 6.12. The van der Waals surface area contributed by atoms with E-state index in [0.29, 0.717) is 0 Å². The molecule has 3 rings (SSSR count). The Kier molecular flexibility index (Phi) is 4.46. The zero-order chi connectivity index (χ0) is 14.1. The summed E-state index contributed by atoms with van der Waals surface area (Å²) in [5, 5.41) is 4.31. The van der Waals surface area contributed by atoms with Crippen LogP contribution < -0.4 is 5.73 Å². The molecule has 0 radical (unpaired) electrons. The first-order chi connectivity index (χ1) is 9.72. The molecule has 0 aromatic heterocycles. The summed E-state index contributed by atoms with van der Waals surface area (Å²) in [5.74, 6) is -0.426. The van der Waals surface area contributed by atoms with Gasteiger partial charge in [-0.25, -0.2) is 0 Å². The summed E-state index contributed by atoms with van der Waals surface area (Å²) in [5.41, 5.74) is 6.83. The lowest BCUT2D eigenvalue weighted by Gasteiger charge is -2.15. The van der Waals surface area contributed by atoms with Gasteiger partial charge in [-0.3, -0.25) is 4.79 Å². The Hall–Kier alpha value is -2.10. The van der Waals surface area contributed by atoms with Gasteiger partial charge in [-0.1, -0.05) is 48.5 Å². The highest BCUT2D eigenvalue weighted by atomic mass is 35.5. The van der Waals surface area contributed by atoms with E-state index in [1.165, 1.54) is 7.11 Å². The minimum Gasteiger partial charge on any atom is -0.468 e. The standard InChI is InChI=1S/C17H15NO2.ClH/c1-20-17(19)16(18)15-10-11-6-2-3-7-12(11)13-8-4-5-9-14(13)15;/h2-10,16H,18H2,1H3;1H/t16-;/m0./s1. The number of benzene rings is 3. The predicted octanol–water partition coefficient (Wildman–Crippen LogP) is 3.59. The van der Waals surface area contributed by atoms with E-state index in [-0.39, 0.29) is 12.4 Å². The minimum atomic E-state index is -0.769. The lowest BCUT2D eigenvalue weighted by Crippen LogP contribution is -2.22. The van der Waals surface area contributed by atoms with Gasteiger partial charge < -0.3 is 10.5 Å². The molecule has 0 saturated heterocycles. The van der Waals surface area contributed by atoms with Crippen molar-refractivity contribution in [3.8, 4) is 0 Å². The van der Waals surface area contributed by atoms with Crippen molar-refractivity contribution in [2.75, 3.05) is 7.11 Å². The highest BCUT2D eigenvalue weighted by Gasteiger charge is 2.19. The summed E-state index contributed by atoms with van der Waals surface area (Å²) < 4.78 is 4.76. The Morgan fingerprint density at radius 1 is 1.00 bits per heavy atom. The van der Waals surface area contributed by atoms with E-state index in [2.05, 4.69) is 6.07 Å². The maximum absolute atomic E-state index is 11.7. The highest BCUT2D eigenvalue weighted by molar-refractivity contribution is 6.10. The van der Waals surface area contributed by atoms with E-state index in [0.717, 1.165) is 27.1 Å². The Balaban J connectivity index is 0.00000161.